The molecule has 3 aliphatic rings. The fourth-order valence-corrected chi connectivity index (χ4v) is 3.82. The molecule has 0 saturated heterocycles. The van der Waals surface area contributed by atoms with Crippen molar-refractivity contribution in [2.24, 2.45) is 11.8 Å². The van der Waals surface area contributed by atoms with Gasteiger partial charge >= 0.3 is 11.9 Å². The molecule has 0 radical (unpaired) electrons. The van der Waals surface area contributed by atoms with Gasteiger partial charge in [-0.25, -0.2) is 9.59 Å². The maximum atomic E-state index is 12.2. The monoisotopic (exact) mass is 330 g/mol. The summed E-state index contributed by atoms with van der Waals surface area (Å²) in [4.78, 5) is 24.5. The molecule has 0 aliphatic heterocycles. The van der Waals surface area contributed by atoms with Crippen molar-refractivity contribution in [3.8, 4) is 0 Å². The molecule has 3 saturated carbocycles. The van der Waals surface area contributed by atoms with Crippen LogP contribution in [0.5, 0.6) is 0 Å². The van der Waals surface area contributed by atoms with Gasteiger partial charge in [-0.05, 0) is 61.8 Å². The Morgan fingerprint density at radius 2 is 1.21 bits per heavy atom. The van der Waals surface area contributed by atoms with Crippen molar-refractivity contribution in [2.75, 3.05) is 0 Å². The SMILES string of the molecule is O=C(OC1C2CCC(CC2)C1OC(=O)c1ccco1)c1ccco1. The Kier molecular flexibility index (Phi) is 3.88. The van der Waals surface area contributed by atoms with Gasteiger partial charge in [0.15, 0.2) is 0 Å². The maximum absolute atomic E-state index is 12.2. The van der Waals surface area contributed by atoms with E-state index in [0.29, 0.717) is 0 Å². The number of carbonyl (C=O) groups excluding carboxylic acids is 2. The Bertz CT molecular complexity index is 632. The molecule has 2 atom stereocenters. The number of hydrogen-bond donors (Lipinski definition) is 0. The third-order valence-electron chi connectivity index (χ3n) is 5.00. The first-order valence-corrected chi connectivity index (χ1v) is 8.21. The van der Waals surface area contributed by atoms with Crippen molar-refractivity contribution in [2.45, 2.75) is 37.9 Å². The van der Waals surface area contributed by atoms with E-state index in [1.807, 2.05) is 0 Å². The molecule has 5 rings (SSSR count). The minimum atomic E-state index is -0.517. The number of fused-ring (bicyclic) bond motifs is 3. The van der Waals surface area contributed by atoms with E-state index in [4.69, 9.17) is 18.3 Å². The number of ether oxygens (including phenoxy) is 2. The Morgan fingerprint density at radius 1 is 0.792 bits per heavy atom. The van der Waals surface area contributed by atoms with Crippen LogP contribution in [-0.4, -0.2) is 24.1 Å². The van der Waals surface area contributed by atoms with Gasteiger partial charge in [0.25, 0.3) is 0 Å². The van der Waals surface area contributed by atoms with Gasteiger partial charge in [0.2, 0.25) is 11.5 Å². The van der Waals surface area contributed by atoms with E-state index in [1.165, 1.54) is 12.5 Å². The smallest absolute Gasteiger partial charge is 0.374 e. The van der Waals surface area contributed by atoms with Crippen LogP contribution in [0.25, 0.3) is 0 Å². The van der Waals surface area contributed by atoms with E-state index in [2.05, 4.69) is 0 Å². The normalized spacial score (nSPS) is 28.5. The van der Waals surface area contributed by atoms with E-state index in [1.54, 1.807) is 24.3 Å². The molecule has 0 spiro atoms. The highest BCUT2D eigenvalue weighted by atomic mass is 16.6. The Hall–Kier alpha value is -2.50. The van der Waals surface area contributed by atoms with Gasteiger partial charge in [-0.3, -0.25) is 0 Å². The molecule has 0 N–H and O–H groups in total. The standard InChI is InChI=1S/C18H18O6/c19-17(13-3-1-9-21-13)23-15-11-5-7-12(8-6-11)16(15)24-18(20)14-4-2-10-22-14/h1-4,9-12,15-16H,5-8H2. The highest BCUT2D eigenvalue weighted by Crippen LogP contribution is 2.44. The number of esters is 2. The molecular formula is C18H18O6. The lowest BCUT2D eigenvalue weighted by atomic mass is 9.67. The van der Waals surface area contributed by atoms with Gasteiger partial charge in [0, 0.05) is 0 Å². The van der Waals surface area contributed by atoms with E-state index in [0.717, 1.165) is 25.7 Å². The molecule has 126 valence electrons. The Morgan fingerprint density at radius 3 is 1.54 bits per heavy atom. The van der Waals surface area contributed by atoms with Gasteiger partial charge in [-0.2, -0.15) is 0 Å². The zero-order valence-corrected chi connectivity index (χ0v) is 13.1. The van der Waals surface area contributed by atoms with Crippen LogP contribution in [0.2, 0.25) is 0 Å². The summed E-state index contributed by atoms with van der Waals surface area (Å²) in [5.74, 6) is -0.292. The number of hydrogen-bond acceptors (Lipinski definition) is 6. The van der Waals surface area contributed by atoms with Crippen molar-refractivity contribution < 1.29 is 27.9 Å². The summed E-state index contributed by atoms with van der Waals surface area (Å²) in [6.07, 6.45) is 5.91. The molecular weight excluding hydrogens is 312 g/mol. The molecule has 24 heavy (non-hydrogen) atoms. The molecule has 3 aliphatic carbocycles. The van der Waals surface area contributed by atoms with E-state index in [-0.39, 0.29) is 23.4 Å². The van der Waals surface area contributed by atoms with Gasteiger partial charge < -0.3 is 18.3 Å². The van der Waals surface area contributed by atoms with E-state index >= 15 is 0 Å². The number of rotatable bonds is 4. The first-order chi connectivity index (χ1) is 11.7. The second kappa shape index (κ2) is 6.19. The van der Waals surface area contributed by atoms with Crippen LogP contribution >= 0.6 is 0 Å². The zero-order valence-electron chi connectivity index (χ0n) is 13.1. The highest BCUT2D eigenvalue weighted by molar-refractivity contribution is 5.87. The predicted octanol–water partition coefficient (Wildman–Crippen LogP) is 3.44. The molecule has 2 aromatic rings. The molecule has 6 nitrogen and oxygen atoms in total. The quantitative estimate of drug-likeness (QED) is 0.799. The first kappa shape index (κ1) is 15.1. The summed E-state index contributed by atoms with van der Waals surface area (Å²) in [5.41, 5.74) is 0. The van der Waals surface area contributed by atoms with Crippen LogP contribution in [0.4, 0.5) is 0 Å². The van der Waals surface area contributed by atoms with Crippen molar-refractivity contribution in [3.63, 3.8) is 0 Å². The van der Waals surface area contributed by atoms with Crippen LogP contribution in [0.15, 0.2) is 45.6 Å². The van der Waals surface area contributed by atoms with Gasteiger partial charge in [0.1, 0.15) is 12.2 Å². The van der Waals surface area contributed by atoms with E-state index in [9.17, 15) is 9.59 Å². The maximum Gasteiger partial charge on any atom is 0.374 e. The molecule has 0 aromatic carbocycles. The summed E-state index contributed by atoms with van der Waals surface area (Å²) in [7, 11) is 0. The molecule has 2 aromatic heterocycles. The predicted molar refractivity (Wildman–Crippen MR) is 81.3 cm³/mol. The summed E-state index contributed by atoms with van der Waals surface area (Å²) in [6, 6.07) is 6.40. The lowest BCUT2D eigenvalue weighted by Crippen LogP contribution is -2.52. The number of furan rings is 2. The first-order valence-electron chi connectivity index (χ1n) is 8.21. The molecule has 6 heteroatoms. The van der Waals surface area contributed by atoms with Gasteiger partial charge in [-0.1, -0.05) is 0 Å². The second-order valence-electron chi connectivity index (χ2n) is 6.37. The van der Waals surface area contributed by atoms with Crippen molar-refractivity contribution >= 4 is 11.9 Å². The minimum Gasteiger partial charge on any atom is -0.457 e. The zero-order chi connectivity index (χ0) is 16.5. The topological polar surface area (TPSA) is 78.9 Å². The molecule has 2 bridgehead atoms. The molecule has 0 amide bonds. The number of carbonyl (C=O) groups is 2. The third kappa shape index (κ3) is 2.72. The molecule has 2 unspecified atom stereocenters. The molecule has 2 heterocycles. The average Bonchev–Trinajstić information content (AvgIpc) is 3.31. The van der Waals surface area contributed by atoms with Crippen molar-refractivity contribution in [3.05, 3.63) is 48.3 Å². The van der Waals surface area contributed by atoms with Gasteiger partial charge in [0.05, 0.1) is 12.5 Å². The third-order valence-corrected chi connectivity index (χ3v) is 5.00. The van der Waals surface area contributed by atoms with Crippen LogP contribution in [-0.2, 0) is 9.47 Å². The van der Waals surface area contributed by atoms with Crippen LogP contribution in [0.1, 0.15) is 46.8 Å². The fraction of sp³-hybridized carbons (Fsp3) is 0.444. The summed E-state index contributed by atoms with van der Waals surface area (Å²) < 4.78 is 21.5. The average molecular weight is 330 g/mol. The van der Waals surface area contributed by atoms with Crippen molar-refractivity contribution in [1.29, 1.82) is 0 Å². The van der Waals surface area contributed by atoms with Crippen LogP contribution in [0.3, 0.4) is 0 Å². The highest BCUT2D eigenvalue weighted by Gasteiger charge is 2.48. The van der Waals surface area contributed by atoms with E-state index < -0.39 is 24.1 Å². The van der Waals surface area contributed by atoms with Crippen LogP contribution in [0, 0.1) is 11.8 Å². The molecule has 3 fully saturated rings. The van der Waals surface area contributed by atoms with Crippen LogP contribution < -0.4 is 0 Å². The van der Waals surface area contributed by atoms with Crippen molar-refractivity contribution in [1.82, 2.24) is 0 Å². The lowest BCUT2D eigenvalue weighted by molar-refractivity contribution is -0.123. The lowest BCUT2D eigenvalue weighted by Gasteiger charge is -2.46. The Labute approximate surface area is 138 Å². The Balaban J connectivity index is 1.51. The minimum absolute atomic E-state index is 0.160. The summed E-state index contributed by atoms with van der Waals surface area (Å²) >= 11 is 0. The largest absolute Gasteiger partial charge is 0.457 e. The summed E-state index contributed by atoms with van der Waals surface area (Å²) in [5, 5.41) is 0. The van der Waals surface area contributed by atoms with Gasteiger partial charge in [-0.15, -0.1) is 0 Å². The fourth-order valence-electron chi connectivity index (χ4n) is 3.82. The second-order valence-corrected chi connectivity index (χ2v) is 6.37. The summed E-state index contributed by atoms with van der Waals surface area (Å²) in [6.45, 7) is 0.